The van der Waals surface area contributed by atoms with E-state index in [0.717, 1.165) is 37.4 Å². The molecule has 5 nitrogen and oxygen atoms in total. The number of nitrogens with one attached hydrogen (secondary N) is 1. The summed E-state index contributed by atoms with van der Waals surface area (Å²) in [5.74, 6) is 1.25. The number of nitrogens with zero attached hydrogens (tertiary/aromatic N) is 2. The third kappa shape index (κ3) is 3.46. The molecule has 2 aliphatic rings. The summed E-state index contributed by atoms with van der Waals surface area (Å²) in [6.45, 7) is 4.58. The molecule has 1 aliphatic carbocycles. The van der Waals surface area contributed by atoms with E-state index in [1.807, 2.05) is 6.20 Å². The zero-order valence-electron chi connectivity index (χ0n) is 12.7. The number of aromatic nitrogens is 2. The smallest absolute Gasteiger partial charge is 0.308 e. The first-order valence-electron chi connectivity index (χ1n) is 8.15. The highest BCUT2D eigenvalue weighted by Gasteiger charge is 2.45. The summed E-state index contributed by atoms with van der Waals surface area (Å²) in [6, 6.07) is 0. The number of H-pyrrole nitrogens is 1. The normalized spacial score (nSPS) is 26.3. The van der Waals surface area contributed by atoms with Crippen LogP contribution in [0.25, 0.3) is 0 Å². The Morgan fingerprint density at radius 2 is 2.29 bits per heavy atom. The van der Waals surface area contributed by atoms with E-state index in [0.29, 0.717) is 18.4 Å². The average Bonchev–Trinajstić information content (AvgIpc) is 3.07. The van der Waals surface area contributed by atoms with Gasteiger partial charge in [0.2, 0.25) is 0 Å². The zero-order chi connectivity index (χ0) is 14.8. The third-order valence-corrected chi connectivity index (χ3v) is 4.83. The number of aryl methyl sites for hydroxylation is 1. The molecule has 1 saturated heterocycles. The lowest BCUT2D eigenvalue weighted by Crippen LogP contribution is -2.24. The maximum absolute atomic E-state index is 11.4. The predicted molar refractivity (Wildman–Crippen MR) is 79.8 cm³/mol. The molecule has 0 bridgehead atoms. The lowest BCUT2D eigenvalue weighted by molar-refractivity contribution is -0.142. The van der Waals surface area contributed by atoms with Crippen LogP contribution < -0.4 is 0 Å². The van der Waals surface area contributed by atoms with E-state index in [4.69, 9.17) is 0 Å². The first kappa shape index (κ1) is 14.6. The van der Waals surface area contributed by atoms with E-state index in [2.05, 4.69) is 21.8 Å². The second-order valence-electron chi connectivity index (χ2n) is 6.60. The highest BCUT2D eigenvalue weighted by molar-refractivity contribution is 5.71. The molecule has 5 heteroatoms. The molecular weight excluding hydrogens is 266 g/mol. The molecule has 21 heavy (non-hydrogen) atoms. The quantitative estimate of drug-likeness (QED) is 0.808. The molecule has 0 aromatic carbocycles. The van der Waals surface area contributed by atoms with Crippen molar-refractivity contribution < 1.29 is 9.90 Å². The van der Waals surface area contributed by atoms with Gasteiger partial charge in [0.1, 0.15) is 5.82 Å². The Bertz CT molecular complexity index is 495. The summed E-state index contributed by atoms with van der Waals surface area (Å²) in [5, 5.41) is 9.40. The number of unbranched alkanes of at least 4 members (excludes halogenated alkanes) is 1. The number of carboxylic acids is 1. The molecule has 2 N–H and O–H groups in total. The highest BCUT2D eigenvalue weighted by Crippen LogP contribution is 2.44. The number of likely N-dealkylation sites (tertiary alicyclic amines) is 1. The van der Waals surface area contributed by atoms with Crippen LogP contribution in [0.3, 0.4) is 0 Å². The molecule has 3 rings (SSSR count). The van der Waals surface area contributed by atoms with Crippen molar-refractivity contribution in [1.82, 2.24) is 14.9 Å². The van der Waals surface area contributed by atoms with E-state index in [1.54, 1.807) is 0 Å². The van der Waals surface area contributed by atoms with Gasteiger partial charge >= 0.3 is 5.97 Å². The topological polar surface area (TPSA) is 69.2 Å². The van der Waals surface area contributed by atoms with Crippen molar-refractivity contribution in [3.8, 4) is 0 Å². The first-order chi connectivity index (χ1) is 10.2. The summed E-state index contributed by atoms with van der Waals surface area (Å²) in [6.07, 6.45) is 7.66. The van der Waals surface area contributed by atoms with Gasteiger partial charge in [0.15, 0.2) is 0 Å². The van der Waals surface area contributed by atoms with Crippen molar-refractivity contribution in [2.45, 2.75) is 45.6 Å². The summed E-state index contributed by atoms with van der Waals surface area (Å²) in [7, 11) is 0. The van der Waals surface area contributed by atoms with Gasteiger partial charge in [0.25, 0.3) is 0 Å². The predicted octanol–water partition coefficient (Wildman–Crippen LogP) is 2.29. The van der Waals surface area contributed by atoms with Crippen LogP contribution in [0.5, 0.6) is 0 Å². The molecule has 0 amide bonds. The van der Waals surface area contributed by atoms with Crippen LogP contribution in [0.4, 0.5) is 0 Å². The Balaban J connectivity index is 1.57. The van der Waals surface area contributed by atoms with E-state index < -0.39 is 5.97 Å². The van der Waals surface area contributed by atoms with Crippen molar-refractivity contribution in [3.63, 3.8) is 0 Å². The Kier molecular flexibility index (Phi) is 4.29. The fourth-order valence-electron chi connectivity index (χ4n) is 3.50. The van der Waals surface area contributed by atoms with Crippen molar-refractivity contribution in [3.05, 3.63) is 17.7 Å². The van der Waals surface area contributed by atoms with Gasteiger partial charge in [-0.15, -0.1) is 0 Å². The van der Waals surface area contributed by atoms with Crippen LogP contribution in [-0.4, -0.2) is 39.0 Å². The summed E-state index contributed by atoms with van der Waals surface area (Å²) in [5.41, 5.74) is 1.11. The average molecular weight is 291 g/mol. The molecule has 2 heterocycles. The van der Waals surface area contributed by atoms with Crippen LogP contribution in [0.15, 0.2) is 6.20 Å². The second kappa shape index (κ2) is 6.18. The first-order valence-corrected chi connectivity index (χ1v) is 8.15. The Hall–Kier alpha value is -1.36. The van der Waals surface area contributed by atoms with Crippen LogP contribution in [0, 0.1) is 17.8 Å². The molecular formula is C16H25N3O2. The fourth-order valence-corrected chi connectivity index (χ4v) is 3.50. The lowest BCUT2D eigenvalue weighted by atomic mass is 9.92. The van der Waals surface area contributed by atoms with Crippen LogP contribution in [0.2, 0.25) is 0 Å². The van der Waals surface area contributed by atoms with Gasteiger partial charge in [-0.1, -0.05) is 13.3 Å². The molecule has 2 fully saturated rings. The summed E-state index contributed by atoms with van der Waals surface area (Å²) in [4.78, 5) is 21.5. The Labute approximate surface area is 125 Å². The van der Waals surface area contributed by atoms with Crippen molar-refractivity contribution in [2.24, 2.45) is 17.8 Å². The van der Waals surface area contributed by atoms with E-state index in [9.17, 15) is 9.90 Å². The van der Waals surface area contributed by atoms with Crippen molar-refractivity contribution in [2.75, 3.05) is 13.1 Å². The number of aromatic amines is 1. The van der Waals surface area contributed by atoms with Gasteiger partial charge < -0.3 is 10.1 Å². The molecule has 0 radical (unpaired) electrons. The zero-order valence-corrected chi connectivity index (χ0v) is 12.7. The SMILES string of the molecule is CCCCc1ncc(CN2CC(C(=O)O)C(C3CC3)C2)[nH]1. The minimum Gasteiger partial charge on any atom is -0.481 e. The molecule has 2 unspecified atom stereocenters. The van der Waals surface area contributed by atoms with Crippen LogP contribution in [0.1, 0.15) is 44.1 Å². The standard InChI is InChI=1S/C16H25N3O2/c1-2-3-4-15-17-7-12(18-15)8-19-9-13(11-5-6-11)14(10-19)16(20)21/h7,11,13-14H,2-6,8-10H2,1H3,(H,17,18)(H,20,21). The Morgan fingerprint density at radius 3 is 2.95 bits per heavy atom. The molecule has 116 valence electrons. The molecule has 2 atom stereocenters. The molecule has 1 aromatic rings. The number of carbonyl (C=O) groups is 1. The van der Waals surface area contributed by atoms with Crippen molar-refractivity contribution >= 4 is 5.97 Å². The van der Waals surface area contributed by atoms with Crippen LogP contribution >= 0.6 is 0 Å². The largest absolute Gasteiger partial charge is 0.481 e. The van der Waals surface area contributed by atoms with Crippen molar-refractivity contribution in [1.29, 1.82) is 0 Å². The van der Waals surface area contributed by atoms with Gasteiger partial charge in [-0.3, -0.25) is 9.69 Å². The maximum Gasteiger partial charge on any atom is 0.308 e. The summed E-state index contributed by atoms with van der Waals surface area (Å²) < 4.78 is 0. The Morgan fingerprint density at radius 1 is 1.48 bits per heavy atom. The molecule has 1 aromatic heterocycles. The monoisotopic (exact) mass is 291 g/mol. The minimum absolute atomic E-state index is 0.181. The fraction of sp³-hybridized carbons (Fsp3) is 0.750. The number of rotatable bonds is 7. The number of hydrogen-bond donors (Lipinski definition) is 2. The summed E-state index contributed by atoms with van der Waals surface area (Å²) >= 11 is 0. The lowest BCUT2D eigenvalue weighted by Gasteiger charge is -2.14. The van der Waals surface area contributed by atoms with E-state index in [1.165, 1.54) is 19.3 Å². The highest BCUT2D eigenvalue weighted by atomic mass is 16.4. The van der Waals surface area contributed by atoms with Gasteiger partial charge in [0, 0.05) is 37.9 Å². The number of imidazole rings is 1. The number of aliphatic carboxylic acids is 1. The van der Waals surface area contributed by atoms with E-state index >= 15 is 0 Å². The van der Waals surface area contributed by atoms with Gasteiger partial charge in [-0.05, 0) is 31.1 Å². The van der Waals surface area contributed by atoms with E-state index in [-0.39, 0.29) is 5.92 Å². The minimum atomic E-state index is -0.623. The van der Waals surface area contributed by atoms with Gasteiger partial charge in [-0.2, -0.15) is 0 Å². The molecule has 1 saturated carbocycles. The van der Waals surface area contributed by atoms with Gasteiger partial charge in [-0.25, -0.2) is 4.98 Å². The molecule has 0 spiro atoms. The van der Waals surface area contributed by atoms with Crippen LogP contribution in [-0.2, 0) is 17.8 Å². The molecule has 1 aliphatic heterocycles. The number of hydrogen-bond acceptors (Lipinski definition) is 3. The maximum atomic E-state index is 11.4. The third-order valence-electron chi connectivity index (χ3n) is 4.83. The number of carboxylic acid groups (broad SMARTS) is 1. The second-order valence-corrected chi connectivity index (χ2v) is 6.60. The van der Waals surface area contributed by atoms with Gasteiger partial charge in [0.05, 0.1) is 5.92 Å².